The standard InChI is InChI=1S/4C23H19N2O.C22H17N2O/c1-14-12-24-23(25(3)13-14)20-15(2)8-10-18-21-17-7-5-4-6-16(17)9-11-19(21)26-22(18)20;1-14-8-10-18-21-17-7-5-4-6-16(17)9-11-19(21)26-22(18)20(14)23-24-15(2)12-13-25(23)3;1-14-12-18-22-17-7-5-4-6-16(17)8-9-20(22)26-23(18)21(15(14)2)19-13-24-10-11-25(19)3;1-14-12-15(2)21-22-17-7-5-4-6-16(17)8-9-19(22)26-23(21)20(14)18-13-24-10-11-25(18)3;1-14-8-10-17-20-16-7-4-3-6-15(16)9-11-18(20)25-21(17)19(14)22-23-12-5-13-24(22)2/h4*4-13H,1-3H3;3-13H,1-2H3/q5*+1. The van der Waals surface area contributed by atoms with Crippen molar-refractivity contribution in [3.63, 3.8) is 0 Å². The van der Waals surface area contributed by atoms with Gasteiger partial charge in [-0.3, -0.25) is 9.97 Å². The second kappa shape index (κ2) is 32.2. The number of rotatable bonds is 5. The highest BCUT2D eigenvalue weighted by molar-refractivity contribution is 6.26. The largest absolute Gasteiger partial charge is 0.455 e. The van der Waals surface area contributed by atoms with Crippen LogP contribution in [0.15, 0.2) is 333 Å². The first-order valence-corrected chi connectivity index (χ1v) is 43.6. The fourth-order valence-electron chi connectivity index (χ4n) is 19.3. The number of aryl methyl sites for hydroxylation is 13. The zero-order valence-electron chi connectivity index (χ0n) is 74.5. The summed E-state index contributed by atoms with van der Waals surface area (Å²) < 4.78 is 42.2. The Hall–Kier alpha value is -16.0. The quantitative estimate of drug-likeness (QED) is 0.152. The van der Waals surface area contributed by atoms with E-state index in [1.54, 1.807) is 12.4 Å². The van der Waals surface area contributed by atoms with Gasteiger partial charge in [0.15, 0.2) is 34.8 Å². The molecule has 0 saturated carbocycles. The molecule has 0 saturated heterocycles. The molecule has 10 aromatic heterocycles. The fourth-order valence-corrected chi connectivity index (χ4v) is 19.3. The van der Waals surface area contributed by atoms with Gasteiger partial charge in [0, 0.05) is 78.5 Å². The third-order valence-electron chi connectivity index (χ3n) is 25.7. The molecule has 0 fully saturated rings. The van der Waals surface area contributed by atoms with Crippen LogP contribution in [0.1, 0.15) is 50.2 Å². The molecule has 0 aliphatic carbocycles. The van der Waals surface area contributed by atoms with Crippen molar-refractivity contribution in [1.29, 1.82) is 0 Å². The maximum Gasteiger partial charge on any atom is 0.334 e. The number of benzene rings is 15. The van der Waals surface area contributed by atoms with Gasteiger partial charge >= 0.3 is 17.5 Å². The molecule has 129 heavy (non-hydrogen) atoms. The second-order valence-corrected chi connectivity index (χ2v) is 34.1. The summed E-state index contributed by atoms with van der Waals surface area (Å²) in [6.07, 6.45) is 21.3. The van der Waals surface area contributed by atoms with Crippen LogP contribution in [0.5, 0.6) is 0 Å². The topological polar surface area (TPSA) is 150 Å². The van der Waals surface area contributed by atoms with E-state index in [4.69, 9.17) is 32.1 Å². The summed E-state index contributed by atoms with van der Waals surface area (Å²) >= 11 is 0. The molecule has 624 valence electrons. The van der Waals surface area contributed by atoms with Crippen molar-refractivity contribution in [3.8, 4) is 56.7 Å². The Morgan fingerprint density at radius 2 is 0.636 bits per heavy atom. The van der Waals surface area contributed by atoms with Gasteiger partial charge in [0.1, 0.15) is 82.3 Å². The molecule has 0 amide bonds. The van der Waals surface area contributed by atoms with Crippen LogP contribution in [-0.4, -0.2) is 24.9 Å². The first-order valence-electron chi connectivity index (χ1n) is 43.6. The monoisotopic (exact) mass is 1680 g/mol. The molecule has 0 bridgehead atoms. The summed E-state index contributed by atoms with van der Waals surface area (Å²) in [5.41, 5.74) is 27.3. The first-order chi connectivity index (χ1) is 62.8. The Morgan fingerprint density at radius 1 is 0.248 bits per heavy atom. The van der Waals surface area contributed by atoms with E-state index in [2.05, 4.69) is 325 Å². The number of hydrogen-bond donors (Lipinski definition) is 0. The van der Waals surface area contributed by atoms with Crippen molar-refractivity contribution in [3.05, 3.63) is 361 Å². The molecular weight excluding hydrogens is 1590 g/mol. The van der Waals surface area contributed by atoms with Crippen molar-refractivity contribution in [2.45, 2.75) is 62.3 Å². The summed E-state index contributed by atoms with van der Waals surface area (Å²) in [6, 6.07) is 84.8. The average Bonchev–Trinajstić information content (AvgIpc) is 1.61. The number of furan rings is 5. The lowest BCUT2D eigenvalue weighted by atomic mass is 9.95. The summed E-state index contributed by atoms with van der Waals surface area (Å²) in [5.74, 6) is 2.76. The molecule has 15 heteroatoms. The third-order valence-corrected chi connectivity index (χ3v) is 25.7. The molecule has 0 unspecified atom stereocenters. The molecular formula is C114H93N10O5+5. The van der Waals surface area contributed by atoms with Crippen LogP contribution in [0, 0.1) is 62.3 Å². The van der Waals surface area contributed by atoms with Crippen molar-refractivity contribution in [1.82, 2.24) is 24.9 Å². The molecule has 15 aromatic carbocycles. The predicted molar refractivity (Wildman–Crippen MR) is 521 cm³/mol. The molecule has 25 aromatic rings. The van der Waals surface area contributed by atoms with E-state index in [0.717, 1.165) is 157 Å². The van der Waals surface area contributed by atoms with E-state index in [1.807, 2.05) is 108 Å². The van der Waals surface area contributed by atoms with Crippen LogP contribution in [-0.2, 0) is 35.2 Å². The van der Waals surface area contributed by atoms with Crippen LogP contribution >= 0.6 is 0 Å². The van der Waals surface area contributed by atoms with Crippen LogP contribution in [0.25, 0.3) is 220 Å². The van der Waals surface area contributed by atoms with Gasteiger partial charge < -0.3 is 22.1 Å². The van der Waals surface area contributed by atoms with Crippen molar-refractivity contribution in [2.75, 3.05) is 0 Å². The molecule has 0 atom stereocenters. The van der Waals surface area contributed by atoms with E-state index in [0.29, 0.717) is 0 Å². The van der Waals surface area contributed by atoms with Gasteiger partial charge in [-0.05, 0) is 200 Å². The van der Waals surface area contributed by atoms with Gasteiger partial charge in [-0.25, -0.2) is 13.7 Å². The van der Waals surface area contributed by atoms with Crippen LogP contribution in [0.3, 0.4) is 0 Å². The van der Waals surface area contributed by atoms with Gasteiger partial charge in [0.25, 0.3) is 0 Å². The average molecular weight is 1680 g/mol. The highest BCUT2D eigenvalue weighted by Gasteiger charge is 2.30. The van der Waals surface area contributed by atoms with E-state index in [9.17, 15) is 0 Å². The molecule has 15 nitrogen and oxygen atoms in total. The van der Waals surface area contributed by atoms with Crippen LogP contribution in [0.2, 0.25) is 0 Å². The Bertz CT molecular complexity index is 8920. The smallest absolute Gasteiger partial charge is 0.334 e. The lowest BCUT2D eigenvalue weighted by molar-refractivity contribution is -0.663. The summed E-state index contributed by atoms with van der Waals surface area (Å²) in [5, 5.41) is 24.0. The molecule has 0 aliphatic heterocycles. The minimum absolute atomic E-state index is 0.903. The molecule has 0 spiro atoms. The van der Waals surface area contributed by atoms with Crippen molar-refractivity contribution < 1.29 is 44.9 Å². The normalized spacial score (nSPS) is 11.6. The molecule has 0 N–H and O–H groups in total. The summed E-state index contributed by atoms with van der Waals surface area (Å²) in [4.78, 5) is 22.8. The Balaban J connectivity index is 0.0000000978. The van der Waals surface area contributed by atoms with Gasteiger partial charge in [0.05, 0.1) is 75.6 Å². The van der Waals surface area contributed by atoms with Crippen molar-refractivity contribution >= 4 is 164 Å². The Kier molecular flexibility index (Phi) is 20.0. The zero-order valence-corrected chi connectivity index (χ0v) is 74.5. The Morgan fingerprint density at radius 3 is 1.08 bits per heavy atom. The summed E-state index contributed by atoms with van der Waals surface area (Å²) in [7, 11) is 10.2. The highest BCUT2D eigenvalue weighted by atomic mass is 16.3. The molecule has 0 radical (unpaired) electrons. The van der Waals surface area contributed by atoms with Crippen LogP contribution < -0.4 is 22.8 Å². The van der Waals surface area contributed by atoms with Gasteiger partial charge in [-0.2, -0.15) is 9.13 Å². The molecule has 10 heterocycles. The zero-order chi connectivity index (χ0) is 88.3. The van der Waals surface area contributed by atoms with E-state index in [1.165, 1.54) is 114 Å². The number of hydrogen-bond acceptors (Lipinski definition) is 10. The van der Waals surface area contributed by atoms with E-state index < -0.39 is 0 Å². The van der Waals surface area contributed by atoms with Gasteiger partial charge in [-0.1, -0.05) is 194 Å². The fraction of sp³-hybridized carbons (Fsp3) is 0.123. The molecule has 25 rings (SSSR count). The SMILES string of the molecule is Cc1cc(C)c2c(oc3ccc4ccccc4c32)c1-c1cncc[n+]1C.Cc1cc2c(oc3ccc4ccccc4c32)c(-c2cncc[n+]2C)c1C.Cc1cc[n+](C)c(-c2c(C)ccc3c2oc2ccc4ccccc4c23)n1.Cc1ccc2c(oc3ccc4ccccc4c32)c1-c1nccc[n+]1C.Cc1cnc(-c2c(C)ccc3c2oc2ccc4ccccc4c23)[n+](C)c1. The second-order valence-electron chi connectivity index (χ2n) is 34.1. The Labute approximate surface area is 744 Å². The lowest BCUT2D eigenvalue weighted by Gasteiger charge is -2.08. The van der Waals surface area contributed by atoms with Gasteiger partial charge in [-0.15, -0.1) is 0 Å². The summed E-state index contributed by atoms with van der Waals surface area (Å²) in [6.45, 7) is 19.0. The third kappa shape index (κ3) is 13.7. The predicted octanol–water partition coefficient (Wildman–Crippen LogP) is 25.9. The van der Waals surface area contributed by atoms with Crippen molar-refractivity contribution in [2.24, 2.45) is 35.2 Å². The first kappa shape index (κ1) is 80.1. The molecule has 0 aliphatic rings. The van der Waals surface area contributed by atoms with E-state index >= 15 is 0 Å². The van der Waals surface area contributed by atoms with Crippen LogP contribution in [0.4, 0.5) is 0 Å². The van der Waals surface area contributed by atoms with E-state index in [-0.39, 0.29) is 0 Å². The number of fused-ring (bicyclic) bond motifs is 25. The highest BCUT2D eigenvalue weighted by Crippen LogP contribution is 2.47. The minimum atomic E-state index is 0.903. The van der Waals surface area contributed by atoms with Gasteiger partial charge in [0.2, 0.25) is 11.4 Å². The maximum absolute atomic E-state index is 6.42. The lowest BCUT2D eigenvalue weighted by Crippen LogP contribution is -2.32. The maximum atomic E-state index is 6.42. The number of aromatic nitrogens is 10. The minimum Gasteiger partial charge on any atom is -0.455 e. The number of nitrogens with zero attached hydrogens (tertiary/aromatic N) is 10.